The molecule has 2 rings (SSSR count). The molecule has 0 saturated heterocycles. The van der Waals surface area contributed by atoms with Crippen LogP contribution in [0, 0.1) is 12.7 Å². The number of aliphatic hydroxyl groups is 1. The third-order valence-corrected chi connectivity index (χ3v) is 2.83. The number of hydrogen-bond donors (Lipinski definition) is 2. The highest BCUT2D eigenvalue weighted by Gasteiger charge is 2.07. The summed E-state index contributed by atoms with van der Waals surface area (Å²) in [5.74, 6) is -0.666. The van der Waals surface area contributed by atoms with Crippen molar-refractivity contribution in [2.45, 2.75) is 13.5 Å². The predicted octanol–water partition coefficient (Wildman–Crippen LogP) is 2.88. The van der Waals surface area contributed by atoms with E-state index in [1.165, 1.54) is 6.07 Å². The summed E-state index contributed by atoms with van der Waals surface area (Å²) in [4.78, 5) is 11.9. The molecule has 0 heterocycles. The van der Waals surface area contributed by atoms with Crippen LogP contribution < -0.4 is 5.32 Å². The van der Waals surface area contributed by atoms with E-state index in [1.807, 2.05) is 0 Å². The number of anilines is 1. The fourth-order valence-electron chi connectivity index (χ4n) is 1.64. The quantitative estimate of drug-likeness (QED) is 0.890. The minimum Gasteiger partial charge on any atom is -0.392 e. The zero-order valence-corrected chi connectivity index (χ0v) is 10.5. The number of rotatable bonds is 3. The molecule has 0 spiro atoms. The predicted molar refractivity (Wildman–Crippen MR) is 71.5 cm³/mol. The molecule has 0 unspecified atom stereocenters. The van der Waals surface area contributed by atoms with E-state index in [4.69, 9.17) is 5.11 Å². The smallest absolute Gasteiger partial charge is 0.255 e. The Bertz CT molecular complexity index is 594. The Morgan fingerprint density at radius 3 is 2.47 bits per heavy atom. The average molecular weight is 259 g/mol. The molecule has 0 bridgehead atoms. The Morgan fingerprint density at radius 1 is 1.21 bits per heavy atom. The molecule has 0 aliphatic rings. The number of carbonyl (C=O) groups excluding carboxylic acids is 1. The molecule has 0 radical (unpaired) electrons. The first-order chi connectivity index (χ1) is 9.10. The molecule has 4 heteroatoms. The minimum atomic E-state index is -0.353. The summed E-state index contributed by atoms with van der Waals surface area (Å²) in [6, 6.07) is 11.1. The van der Waals surface area contributed by atoms with E-state index < -0.39 is 0 Å². The maximum atomic E-state index is 13.4. The lowest BCUT2D eigenvalue weighted by atomic mass is 10.1. The number of benzene rings is 2. The second-order valence-corrected chi connectivity index (χ2v) is 4.27. The highest BCUT2D eigenvalue weighted by atomic mass is 19.1. The molecule has 19 heavy (non-hydrogen) atoms. The number of aliphatic hydroxyl groups excluding tert-OH is 1. The molecule has 0 fully saturated rings. The SMILES string of the molecule is Cc1ccc(NC(=O)c2ccc(CO)cc2)cc1F. The van der Waals surface area contributed by atoms with E-state index in [-0.39, 0.29) is 18.3 Å². The van der Waals surface area contributed by atoms with Gasteiger partial charge in [-0.3, -0.25) is 4.79 Å². The summed E-state index contributed by atoms with van der Waals surface area (Å²) in [5.41, 5.74) is 2.14. The number of hydrogen-bond acceptors (Lipinski definition) is 2. The van der Waals surface area contributed by atoms with E-state index in [1.54, 1.807) is 43.3 Å². The molecular weight excluding hydrogens is 245 g/mol. The van der Waals surface area contributed by atoms with Crippen LogP contribution in [0.25, 0.3) is 0 Å². The van der Waals surface area contributed by atoms with Crippen molar-refractivity contribution < 1.29 is 14.3 Å². The van der Waals surface area contributed by atoms with E-state index in [0.717, 1.165) is 5.56 Å². The van der Waals surface area contributed by atoms with Crippen molar-refractivity contribution in [1.29, 1.82) is 0 Å². The first kappa shape index (κ1) is 13.2. The lowest BCUT2D eigenvalue weighted by molar-refractivity contribution is 0.102. The van der Waals surface area contributed by atoms with E-state index in [2.05, 4.69) is 5.32 Å². The second kappa shape index (κ2) is 5.63. The van der Waals surface area contributed by atoms with E-state index in [9.17, 15) is 9.18 Å². The molecule has 98 valence electrons. The van der Waals surface area contributed by atoms with Gasteiger partial charge in [0.05, 0.1) is 6.61 Å². The van der Waals surface area contributed by atoms with Crippen LogP contribution in [0.4, 0.5) is 10.1 Å². The maximum absolute atomic E-state index is 13.4. The first-order valence-corrected chi connectivity index (χ1v) is 5.87. The minimum absolute atomic E-state index is 0.0644. The summed E-state index contributed by atoms with van der Waals surface area (Å²) in [6.07, 6.45) is 0. The summed E-state index contributed by atoms with van der Waals surface area (Å²) in [7, 11) is 0. The van der Waals surface area contributed by atoms with Gasteiger partial charge in [-0.25, -0.2) is 4.39 Å². The third-order valence-electron chi connectivity index (χ3n) is 2.83. The number of carbonyl (C=O) groups is 1. The van der Waals surface area contributed by atoms with Gasteiger partial charge in [0.1, 0.15) is 5.82 Å². The van der Waals surface area contributed by atoms with Gasteiger partial charge in [0.2, 0.25) is 0 Å². The van der Waals surface area contributed by atoms with Gasteiger partial charge < -0.3 is 10.4 Å². The van der Waals surface area contributed by atoms with Gasteiger partial charge in [-0.1, -0.05) is 18.2 Å². The Kier molecular flexibility index (Phi) is 3.92. The Labute approximate surface area is 110 Å². The standard InChI is InChI=1S/C15H14FNO2/c1-10-2-7-13(8-14(10)16)17-15(19)12-5-3-11(9-18)4-6-12/h2-8,18H,9H2,1H3,(H,17,19). The fraction of sp³-hybridized carbons (Fsp3) is 0.133. The van der Waals surface area contributed by atoms with Crippen molar-refractivity contribution in [1.82, 2.24) is 0 Å². The lowest BCUT2D eigenvalue weighted by Gasteiger charge is -2.07. The summed E-state index contributed by atoms with van der Waals surface area (Å²) >= 11 is 0. The second-order valence-electron chi connectivity index (χ2n) is 4.27. The normalized spacial score (nSPS) is 10.3. The fourth-order valence-corrected chi connectivity index (χ4v) is 1.64. The zero-order chi connectivity index (χ0) is 13.8. The Morgan fingerprint density at radius 2 is 1.89 bits per heavy atom. The average Bonchev–Trinajstić information content (AvgIpc) is 2.43. The van der Waals surface area contributed by atoms with Crippen LogP contribution in [0.3, 0.4) is 0 Å². The Balaban J connectivity index is 2.13. The number of amides is 1. The first-order valence-electron chi connectivity index (χ1n) is 5.87. The highest BCUT2D eigenvalue weighted by Crippen LogP contribution is 2.15. The number of aryl methyl sites for hydroxylation is 1. The van der Waals surface area contributed by atoms with Crippen molar-refractivity contribution in [3.05, 3.63) is 65.0 Å². The van der Waals surface area contributed by atoms with Crippen molar-refractivity contribution in [3.8, 4) is 0 Å². The molecule has 2 aromatic rings. The largest absolute Gasteiger partial charge is 0.392 e. The summed E-state index contributed by atoms with van der Waals surface area (Å²) in [5, 5.41) is 11.5. The van der Waals surface area contributed by atoms with Gasteiger partial charge in [-0.05, 0) is 42.3 Å². The monoisotopic (exact) mass is 259 g/mol. The molecule has 3 nitrogen and oxygen atoms in total. The number of nitrogens with one attached hydrogen (secondary N) is 1. The van der Waals surface area contributed by atoms with Crippen LogP contribution in [0.5, 0.6) is 0 Å². The van der Waals surface area contributed by atoms with Crippen molar-refractivity contribution in [3.63, 3.8) is 0 Å². The van der Waals surface area contributed by atoms with Crippen LogP contribution in [-0.4, -0.2) is 11.0 Å². The van der Waals surface area contributed by atoms with Gasteiger partial charge in [-0.2, -0.15) is 0 Å². The van der Waals surface area contributed by atoms with Crippen molar-refractivity contribution >= 4 is 11.6 Å². The van der Waals surface area contributed by atoms with Crippen molar-refractivity contribution in [2.24, 2.45) is 0 Å². The van der Waals surface area contributed by atoms with Gasteiger partial charge in [0.15, 0.2) is 0 Å². The van der Waals surface area contributed by atoms with Gasteiger partial charge in [0.25, 0.3) is 5.91 Å². The molecular formula is C15H14FNO2. The van der Waals surface area contributed by atoms with Crippen molar-refractivity contribution in [2.75, 3.05) is 5.32 Å². The topological polar surface area (TPSA) is 49.3 Å². The summed E-state index contributed by atoms with van der Waals surface area (Å²) < 4.78 is 13.4. The molecule has 0 aliphatic carbocycles. The van der Waals surface area contributed by atoms with Crippen LogP contribution >= 0.6 is 0 Å². The Hall–Kier alpha value is -2.20. The molecule has 2 aromatic carbocycles. The maximum Gasteiger partial charge on any atom is 0.255 e. The number of halogens is 1. The molecule has 0 aromatic heterocycles. The molecule has 0 aliphatic heterocycles. The van der Waals surface area contributed by atoms with Gasteiger partial charge in [0, 0.05) is 11.3 Å². The third kappa shape index (κ3) is 3.17. The van der Waals surface area contributed by atoms with Crippen LogP contribution in [0.15, 0.2) is 42.5 Å². The van der Waals surface area contributed by atoms with Crippen LogP contribution in [0.1, 0.15) is 21.5 Å². The van der Waals surface area contributed by atoms with Crippen LogP contribution in [-0.2, 0) is 6.61 Å². The lowest BCUT2D eigenvalue weighted by Crippen LogP contribution is -2.12. The van der Waals surface area contributed by atoms with Gasteiger partial charge >= 0.3 is 0 Å². The van der Waals surface area contributed by atoms with Gasteiger partial charge in [-0.15, -0.1) is 0 Å². The molecule has 2 N–H and O–H groups in total. The molecule has 1 amide bonds. The summed E-state index contributed by atoms with van der Waals surface area (Å²) in [6.45, 7) is 1.60. The molecule has 0 atom stereocenters. The highest BCUT2D eigenvalue weighted by molar-refractivity contribution is 6.04. The van der Waals surface area contributed by atoms with E-state index >= 15 is 0 Å². The van der Waals surface area contributed by atoms with E-state index in [0.29, 0.717) is 16.8 Å². The molecule has 0 saturated carbocycles. The van der Waals surface area contributed by atoms with Crippen LogP contribution in [0.2, 0.25) is 0 Å². The zero-order valence-electron chi connectivity index (χ0n) is 10.5.